The fourth-order valence-electron chi connectivity index (χ4n) is 4.28. The summed E-state index contributed by atoms with van der Waals surface area (Å²) in [4.78, 5) is 49.7. The third-order valence-corrected chi connectivity index (χ3v) is 6.82. The molecule has 0 bridgehead atoms. The van der Waals surface area contributed by atoms with Crippen molar-refractivity contribution in [2.75, 3.05) is 13.1 Å². The van der Waals surface area contributed by atoms with Gasteiger partial charge in [0.25, 0.3) is 0 Å². The Balaban J connectivity index is 1.56. The Bertz CT molecular complexity index is 1020. The van der Waals surface area contributed by atoms with Crippen molar-refractivity contribution in [2.45, 2.75) is 85.1 Å². The van der Waals surface area contributed by atoms with Gasteiger partial charge in [-0.1, -0.05) is 108 Å². The molecular formula is C33H48N4O6. The van der Waals surface area contributed by atoms with E-state index in [4.69, 9.17) is 9.47 Å². The number of rotatable bonds is 18. The molecule has 0 fully saturated rings. The van der Waals surface area contributed by atoms with Crippen molar-refractivity contribution in [1.82, 2.24) is 21.3 Å². The molecule has 0 saturated heterocycles. The van der Waals surface area contributed by atoms with Crippen molar-refractivity contribution in [1.29, 1.82) is 0 Å². The normalized spacial score (nSPS) is 12.2. The third kappa shape index (κ3) is 14.6. The van der Waals surface area contributed by atoms with E-state index in [9.17, 15) is 19.2 Å². The largest absolute Gasteiger partial charge is 0.445 e. The van der Waals surface area contributed by atoms with Gasteiger partial charge < -0.3 is 30.7 Å². The molecule has 0 radical (unpaired) electrons. The summed E-state index contributed by atoms with van der Waals surface area (Å²) in [7, 11) is 0. The van der Waals surface area contributed by atoms with Gasteiger partial charge in [-0.3, -0.25) is 9.59 Å². The molecule has 2 rings (SSSR count). The molecule has 0 spiro atoms. The summed E-state index contributed by atoms with van der Waals surface area (Å²) in [6.07, 6.45) is 3.19. The number of carbonyl (C=O) groups excluding carboxylic acids is 4. The van der Waals surface area contributed by atoms with Gasteiger partial charge in [-0.05, 0) is 35.8 Å². The molecule has 0 unspecified atom stereocenters. The van der Waals surface area contributed by atoms with Crippen LogP contribution in [0, 0.1) is 11.8 Å². The second kappa shape index (κ2) is 19.9. The highest BCUT2D eigenvalue weighted by Gasteiger charge is 2.25. The molecule has 0 heterocycles. The molecule has 4 N–H and O–H groups in total. The van der Waals surface area contributed by atoms with Crippen molar-refractivity contribution >= 4 is 24.0 Å². The molecule has 0 saturated carbocycles. The topological polar surface area (TPSA) is 135 Å². The van der Waals surface area contributed by atoms with E-state index < -0.39 is 24.3 Å². The highest BCUT2D eigenvalue weighted by atomic mass is 16.6. The molecule has 4 amide bonds. The van der Waals surface area contributed by atoms with E-state index in [-0.39, 0.29) is 36.9 Å². The molecule has 2 atom stereocenters. The maximum absolute atomic E-state index is 12.6. The summed E-state index contributed by atoms with van der Waals surface area (Å²) in [5.41, 5.74) is 1.75. The minimum Gasteiger partial charge on any atom is -0.445 e. The Morgan fingerprint density at radius 1 is 0.558 bits per heavy atom. The minimum absolute atomic E-state index is 0.0927. The number of hydrogen-bond donors (Lipinski definition) is 4. The second-order valence-electron chi connectivity index (χ2n) is 11.2. The molecular weight excluding hydrogens is 548 g/mol. The number of amides is 4. The zero-order valence-corrected chi connectivity index (χ0v) is 25.9. The lowest BCUT2D eigenvalue weighted by Crippen LogP contribution is -2.50. The molecule has 236 valence electrons. The van der Waals surface area contributed by atoms with E-state index in [1.807, 2.05) is 88.4 Å². The van der Waals surface area contributed by atoms with Gasteiger partial charge in [0.2, 0.25) is 11.8 Å². The van der Waals surface area contributed by atoms with Crippen LogP contribution in [0.5, 0.6) is 0 Å². The Labute approximate surface area is 255 Å². The van der Waals surface area contributed by atoms with Crippen LogP contribution in [-0.2, 0) is 32.3 Å². The van der Waals surface area contributed by atoms with E-state index in [1.165, 1.54) is 0 Å². The molecule has 2 aromatic carbocycles. The first-order valence-corrected chi connectivity index (χ1v) is 15.2. The van der Waals surface area contributed by atoms with Crippen molar-refractivity contribution in [2.24, 2.45) is 11.8 Å². The zero-order chi connectivity index (χ0) is 31.5. The van der Waals surface area contributed by atoms with Gasteiger partial charge in [-0.2, -0.15) is 0 Å². The molecule has 0 aliphatic heterocycles. The van der Waals surface area contributed by atoms with Gasteiger partial charge >= 0.3 is 12.2 Å². The molecule has 10 heteroatoms. The molecule has 0 aliphatic carbocycles. The number of nitrogens with one attached hydrogen (secondary N) is 4. The number of benzene rings is 2. The Morgan fingerprint density at radius 3 is 1.26 bits per heavy atom. The lowest BCUT2D eigenvalue weighted by molar-refractivity contribution is -0.124. The van der Waals surface area contributed by atoms with Gasteiger partial charge in [0, 0.05) is 13.1 Å². The fourth-order valence-corrected chi connectivity index (χ4v) is 4.28. The van der Waals surface area contributed by atoms with E-state index in [0.29, 0.717) is 13.1 Å². The highest BCUT2D eigenvalue weighted by Crippen LogP contribution is 2.08. The highest BCUT2D eigenvalue weighted by molar-refractivity contribution is 5.86. The van der Waals surface area contributed by atoms with Gasteiger partial charge in [0.1, 0.15) is 25.3 Å². The van der Waals surface area contributed by atoms with Gasteiger partial charge in [0.05, 0.1) is 0 Å². The lowest BCUT2D eigenvalue weighted by Gasteiger charge is -2.21. The molecule has 0 aliphatic rings. The van der Waals surface area contributed by atoms with Crippen LogP contribution in [0.15, 0.2) is 60.7 Å². The summed E-state index contributed by atoms with van der Waals surface area (Å²) in [6.45, 7) is 8.80. The van der Waals surface area contributed by atoms with Crippen molar-refractivity contribution in [3.05, 3.63) is 71.8 Å². The average molecular weight is 597 g/mol. The van der Waals surface area contributed by atoms with Crippen LogP contribution < -0.4 is 21.3 Å². The zero-order valence-electron chi connectivity index (χ0n) is 25.9. The van der Waals surface area contributed by atoms with Gasteiger partial charge in [0.15, 0.2) is 0 Å². The molecule has 0 aromatic heterocycles. The summed E-state index contributed by atoms with van der Waals surface area (Å²) in [5.74, 6) is -0.645. The van der Waals surface area contributed by atoms with Crippen molar-refractivity contribution in [3.8, 4) is 0 Å². The first kappa shape index (κ1) is 35.1. The summed E-state index contributed by atoms with van der Waals surface area (Å²) in [5, 5.41) is 11.2. The van der Waals surface area contributed by atoms with E-state index in [2.05, 4.69) is 21.3 Å². The van der Waals surface area contributed by atoms with E-state index >= 15 is 0 Å². The van der Waals surface area contributed by atoms with Crippen molar-refractivity contribution in [3.63, 3.8) is 0 Å². The second-order valence-corrected chi connectivity index (χ2v) is 11.2. The molecule has 43 heavy (non-hydrogen) atoms. The Morgan fingerprint density at radius 2 is 0.907 bits per heavy atom. The minimum atomic E-state index is -0.679. The lowest BCUT2D eigenvalue weighted by atomic mass is 10.0. The number of alkyl carbamates (subject to hydrolysis) is 2. The molecule has 10 nitrogen and oxygen atoms in total. The number of ether oxygens (including phenoxy) is 2. The maximum atomic E-state index is 12.6. The number of unbranched alkanes of at least 4 members (excludes halogenated alkanes) is 4. The first-order chi connectivity index (χ1) is 20.7. The molecule has 2 aromatic rings. The summed E-state index contributed by atoms with van der Waals surface area (Å²) < 4.78 is 10.5. The van der Waals surface area contributed by atoms with Gasteiger partial charge in [-0.25, -0.2) is 9.59 Å². The maximum Gasteiger partial charge on any atom is 0.408 e. The predicted molar refractivity (Wildman–Crippen MR) is 166 cm³/mol. The van der Waals surface area contributed by atoms with Crippen LogP contribution in [0.4, 0.5) is 9.59 Å². The Hall–Kier alpha value is -4.08. The first-order valence-electron chi connectivity index (χ1n) is 15.2. The predicted octanol–water partition coefficient (Wildman–Crippen LogP) is 5.07. The monoisotopic (exact) mass is 596 g/mol. The fraction of sp³-hybridized carbons (Fsp3) is 0.515. The van der Waals surface area contributed by atoms with Crippen molar-refractivity contribution < 1.29 is 28.7 Å². The van der Waals surface area contributed by atoms with E-state index in [0.717, 1.165) is 43.2 Å². The standard InChI is InChI=1S/C33H48N4O6/c1-24(2)28(36-32(40)42-22-26-16-10-8-11-17-26)30(38)34-20-14-6-5-7-15-21-35-31(39)29(25(3)4)37-33(41)43-23-27-18-12-9-13-19-27/h8-13,16-19,24-25,28-29H,5-7,14-15,20-23H2,1-4H3,(H,34,38)(H,35,39)(H,36,40)(H,37,41)/t28-,29-/m0/s1. The summed E-state index contributed by atoms with van der Waals surface area (Å²) >= 11 is 0. The average Bonchev–Trinajstić information content (AvgIpc) is 3.00. The SMILES string of the molecule is CC(C)[C@H](NC(=O)OCc1ccccc1)C(=O)NCCCCCCCNC(=O)[C@@H](NC(=O)OCc1ccccc1)C(C)C. The number of carbonyl (C=O) groups is 4. The van der Waals surface area contributed by atoms with Crippen LogP contribution in [0.2, 0.25) is 0 Å². The van der Waals surface area contributed by atoms with Gasteiger partial charge in [-0.15, -0.1) is 0 Å². The van der Waals surface area contributed by atoms with Crippen LogP contribution in [-0.4, -0.2) is 49.2 Å². The van der Waals surface area contributed by atoms with Crippen LogP contribution in [0.1, 0.15) is 70.9 Å². The summed E-state index contributed by atoms with van der Waals surface area (Å²) in [6, 6.07) is 17.4. The van der Waals surface area contributed by atoms with E-state index in [1.54, 1.807) is 0 Å². The Kier molecular flexibility index (Phi) is 16.3. The quantitative estimate of drug-likeness (QED) is 0.178. The van der Waals surface area contributed by atoms with Crippen LogP contribution in [0.25, 0.3) is 0 Å². The smallest absolute Gasteiger partial charge is 0.408 e. The van der Waals surface area contributed by atoms with Crippen LogP contribution >= 0.6 is 0 Å². The van der Waals surface area contributed by atoms with Crippen LogP contribution in [0.3, 0.4) is 0 Å². The number of hydrogen-bond acceptors (Lipinski definition) is 6. The third-order valence-electron chi connectivity index (χ3n) is 6.82.